The van der Waals surface area contributed by atoms with Crippen molar-refractivity contribution in [1.82, 2.24) is 9.88 Å². The molecule has 0 amide bonds. The summed E-state index contributed by atoms with van der Waals surface area (Å²) in [6.45, 7) is 6.47. The first-order valence-electron chi connectivity index (χ1n) is 5.89. The molecule has 0 saturated carbocycles. The van der Waals surface area contributed by atoms with Crippen molar-refractivity contribution in [2.75, 3.05) is 13.6 Å². The second kappa shape index (κ2) is 5.77. The Labute approximate surface area is 106 Å². The third-order valence-corrected chi connectivity index (χ3v) is 3.23. The van der Waals surface area contributed by atoms with Gasteiger partial charge in [0.05, 0.1) is 23.4 Å². The fourth-order valence-corrected chi connectivity index (χ4v) is 1.61. The Morgan fingerprint density at radius 1 is 1.50 bits per heavy atom. The van der Waals surface area contributed by atoms with Gasteiger partial charge in [0.25, 0.3) is 5.69 Å². The Bertz CT molecular complexity index is 440. The maximum Gasteiger partial charge on any atom is 0.287 e. The lowest BCUT2D eigenvalue weighted by atomic mass is 10.0. The van der Waals surface area contributed by atoms with E-state index in [9.17, 15) is 14.9 Å². The molecule has 18 heavy (non-hydrogen) atoms. The van der Waals surface area contributed by atoms with Crippen LogP contribution in [0.3, 0.4) is 0 Å². The lowest BCUT2D eigenvalue weighted by Gasteiger charge is -2.26. The second-order valence-corrected chi connectivity index (χ2v) is 4.85. The zero-order valence-corrected chi connectivity index (χ0v) is 11.1. The maximum absolute atomic E-state index is 11.9. The van der Waals surface area contributed by atoms with E-state index in [4.69, 9.17) is 0 Å². The van der Waals surface area contributed by atoms with Crippen molar-refractivity contribution in [2.24, 2.45) is 5.92 Å². The van der Waals surface area contributed by atoms with Crippen molar-refractivity contribution in [3.05, 3.63) is 28.1 Å². The molecule has 1 atom stereocenters. The molecule has 1 N–H and O–H groups in total. The minimum Gasteiger partial charge on any atom is -0.353 e. The van der Waals surface area contributed by atoms with Crippen LogP contribution in [0.4, 0.5) is 5.69 Å². The van der Waals surface area contributed by atoms with Crippen LogP contribution in [-0.4, -0.2) is 40.2 Å². The number of carbonyl (C=O) groups excluding carboxylic acids is 1. The van der Waals surface area contributed by atoms with Crippen LogP contribution in [0, 0.1) is 16.0 Å². The second-order valence-electron chi connectivity index (χ2n) is 4.85. The Morgan fingerprint density at radius 2 is 2.11 bits per heavy atom. The van der Waals surface area contributed by atoms with Crippen molar-refractivity contribution in [1.29, 1.82) is 0 Å². The number of nitrogens with one attached hydrogen (secondary N) is 1. The van der Waals surface area contributed by atoms with E-state index in [0.29, 0.717) is 5.92 Å². The van der Waals surface area contributed by atoms with Crippen LogP contribution >= 0.6 is 0 Å². The van der Waals surface area contributed by atoms with E-state index >= 15 is 0 Å². The van der Waals surface area contributed by atoms with Gasteiger partial charge >= 0.3 is 0 Å². The standard InChI is InChI=1S/C12H19N3O3/c1-8(2)9(3)14(4)7-12(16)11-5-10(6-13-11)15(17)18/h5-6,8-9,13H,7H2,1-4H3. The van der Waals surface area contributed by atoms with Crippen molar-refractivity contribution in [3.63, 3.8) is 0 Å². The first kappa shape index (κ1) is 14.4. The highest BCUT2D eigenvalue weighted by molar-refractivity contribution is 5.96. The maximum atomic E-state index is 11.9. The van der Waals surface area contributed by atoms with Crippen LogP contribution in [0.1, 0.15) is 31.3 Å². The van der Waals surface area contributed by atoms with E-state index in [1.54, 1.807) is 0 Å². The van der Waals surface area contributed by atoms with Gasteiger partial charge < -0.3 is 4.98 Å². The van der Waals surface area contributed by atoms with Crippen LogP contribution in [-0.2, 0) is 0 Å². The van der Waals surface area contributed by atoms with Crippen LogP contribution in [0.2, 0.25) is 0 Å². The number of aromatic nitrogens is 1. The molecule has 0 saturated heterocycles. The minimum absolute atomic E-state index is 0.0853. The largest absolute Gasteiger partial charge is 0.353 e. The van der Waals surface area contributed by atoms with Gasteiger partial charge in [-0.2, -0.15) is 0 Å². The molecule has 0 aliphatic carbocycles. The highest BCUT2D eigenvalue weighted by Crippen LogP contribution is 2.14. The predicted octanol–water partition coefficient (Wildman–Crippen LogP) is 2.08. The normalized spacial score (nSPS) is 13.0. The summed E-state index contributed by atoms with van der Waals surface area (Å²) in [4.78, 5) is 26.5. The number of ketones is 1. The molecule has 1 rings (SSSR count). The van der Waals surface area contributed by atoms with E-state index in [-0.39, 0.29) is 29.8 Å². The number of carbonyl (C=O) groups is 1. The van der Waals surface area contributed by atoms with E-state index in [0.717, 1.165) is 0 Å². The van der Waals surface area contributed by atoms with Gasteiger partial charge in [0.2, 0.25) is 0 Å². The van der Waals surface area contributed by atoms with Gasteiger partial charge in [0.1, 0.15) is 0 Å². The highest BCUT2D eigenvalue weighted by atomic mass is 16.6. The van der Waals surface area contributed by atoms with Gasteiger partial charge in [-0.3, -0.25) is 19.8 Å². The van der Waals surface area contributed by atoms with Gasteiger partial charge in [-0.25, -0.2) is 0 Å². The van der Waals surface area contributed by atoms with Crippen LogP contribution in [0.15, 0.2) is 12.3 Å². The van der Waals surface area contributed by atoms with Gasteiger partial charge in [0.15, 0.2) is 5.78 Å². The molecule has 0 fully saturated rings. The third-order valence-electron chi connectivity index (χ3n) is 3.23. The van der Waals surface area contributed by atoms with E-state index in [2.05, 4.69) is 25.8 Å². The number of H-pyrrole nitrogens is 1. The molecule has 1 aromatic rings. The number of Topliss-reactive ketones (excluding diaryl/α,β-unsaturated/α-hetero) is 1. The fourth-order valence-electron chi connectivity index (χ4n) is 1.61. The van der Waals surface area contributed by atoms with Gasteiger partial charge in [-0.15, -0.1) is 0 Å². The van der Waals surface area contributed by atoms with Crippen molar-refractivity contribution in [2.45, 2.75) is 26.8 Å². The first-order chi connectivity index (χ1) is 8.32. The zero-order valence-electron chi connectivity index (χ0n) is 11.1. The van der Waals surface area contributed by atoms with Crippen LogP contribution in [0.5, 0.6) is 0 Å². The smallest absolute Gasteiger partial charge is 0.287 e. The SMILES string of the molecule is CC(C)C(C)N(C)CC(=O)c1cc([N+](=O)[O-])c[nH]1. The molecule has 100 valence electrons. The number of hydrogen-bond donors (Lipinski definition) is 1. The van der Waals surface area contributed by atoms with Crippen molar-refractivity contribution < 1.29 is 9.72 Å². The number of nitro groups is 1. The number of hydrogen-bond acceptors (Lipinski definition) is 4. The molecule has 6 heteroatoms. The van der Waals surface area contributed by atoms with E-state index < -0.39 is 4.92 Å². The number of likely N-dealkylation sites (N-methyl/N-ethyl adjacent to an activating group) is 1. The quantitative estimate of drug-likeness (QED) is 0.478. The number of aromatic amines is 1. The molecular weight excluding hydrogens is 234 g/mol. The summed E-state index contributed by atoms with van der Waals surface area (Å²) < 4.78 is 0. The molecule has 0 aromatic carbocycles. The Kier molecular flexibility index (Phi) is 4.61. The van der Waals surface area contributed by atoms with Gasteiger partial charge in [0, 0.05) is 12.1 Å². The predicted molar refractivity (Wildman–Crippen MR) is 68.7 cm³/mol. The summed E-state index contributed by atoms with van der Waals surface area (Å²) >= 11 is 0. The summed E-state index contributed by atoms with van der Waals surface area (Å²) in [5, 5.41) is 10.5. The van der Waals surface area contributed by atoms with Gasteiger partial charge in [-0.05, 0) is 19.9 Å². The third kappa shape index (κ3) is 3.40. The van der Waals surface area contributed by atoms with Crippen molar-refractivity contribution >= 4 is 11.5 Å². The lowest BCUT2D eigenvalue weighted by Crippen LogP contribution is -2.37. The summed E-state index contributed by atoms with van der Waals surface area (Å²) in [6, 6.07) is 1.55. The van der Waals surface area contributed by atoms with Crippen molar-refractivity contribution in [3.8, 4) is 0 Å². The molecule has 6 nitrogen and oxygen atoms in total. The molecule has 0 aliphatic heterocycles. The van der Waals surface area contributed by atoms with Gasteiger partial charge in [-0.1, -0.05) is 13.8 Å². The molecule has 1 heterocycles. The fraction of sp³-hybridized carbons (Fsp3) is 0.583. The average Bonchev–Trinajstić information content (AvgIpc) is 2.76. The molecular formula is C12H19N3O3. The lowest BCUT2D eigenvalue weighted by molar-refractivity contribution is -0.384. The van der Waals surface area contributed by atoms with E-state index in [1.807, 2.05) is 11.9 Å². The molecule has 0 radical (unpaired) electrons. The topological polar surface area (TPSA) is 79.2 Å². The highest BCUT2D eigenvalue weighted by Gasteiger charge is 2.19. The Balaban J connectivity index is 2.67. The number of rotatable bonds is 6. The first-order valence-corrected chi connectivity index (χ1v) is 5.89. The molecule has 1 aromatic heterocycles. The van der Waals surface area contributed by atoms with Crippen LogP contribution < -0.4 is 0 Å². The molecule has 1 unspecified atom stereocenters. The average molecular weight is 253 g/mol. The Hall–Kier alpha value is -1.69. The number of nitrogens with zero attached hydrogens (tertiary/aromatic N) is 2. The Morgan fingerprint density at radius 3 is 2.56 bits per heavy atom. The van der Waals surface area contributed by atoms with Crippen LogP contribution in [0.25, 0.3) is 0 Å². The van der Waals surface area contributed by atoms with E-state index in [1.165, 1.54) is 12.3 Å². The monoisotopic (exact) mass is 253 g/mol. The molecule has 0 spiro atoms. The molecule has 0 bridgehead atoms. The zero-order chi connectivity index (χ0) is 13.9. The molecule has 0 aliphatic rings. The summed E-state index contributed by atoms with van der Waals surface area (Å²) in [5.74, 6) is 0.305. The summed E-state index contributed by atoms with van der Waals surface area (Å²) in [5.41, 5.74) is 0.197. The summed E-state index contributed by atoms with van der Waals surface area (Å²) in [6.07, 6.45) is 1.24. The summed E-state index contributed by atoms with van der Waals surface area (Å²) in [7, 11) is 1.87. The minimum atomic E-state index is -0.520.